The lowest BCUT2D eigenvalue weighted by Gasteiger charge is -2.11. The van der Waals surface area contributed by atoms with Crippen molar-refractivity contribution in [2.24, 2.45) is 0 Å². The first-order valence-corrected chi connectivity index (χ1v) is 6.67. The summed E-state index contributed by atoms with van der Waals surface area (Å²) in [6.45, 7) is 5.61. The fourth-order valence-corrected chi connectivity index (χ4v) is 2.01. The van der Waals surface area contributed by atoms with E-state index in [0.29, 0.717) is 35.2 Å². The molecule has 0 radical (unpaired) electrons. The van der Waals surface area contributed by atoms with Crippen LogP contribution in [0.4, 0.5) is 5.69 Å². The maximum absolute atomic E-state index is 12.1. The van der Waals surface area contributed by atoms with Crippen LogP contribution in [-0.2, 0) is 6.61 Å². The molecular weight excluding hydrogens is 272 g/mol. The Morgan fingerprint density at radius 1 is 1.43 bits per heavy atom. The second-order valence-corrected chi connectivity index (χ2v) is 4.52. The molecule has 0 aliphatic rings. The Bertz CT molecular complexity index is 649. The number of carbonyl (C=O) groups is 1. The van der Waals surface area contributed by atoms with Crippen LogP contribution >= 0.6 is 0 Å². The van der Waals surface area contributed by atoms with Gasteiger partial charge in [0.25, 0.3) is 5.91 Å². The van der Waals surface area contributed by atoms with Crippen molar-refractivity contribution in [3.8, 4) is 5.75 Å². The normalized spacial score (nSPS) is 10.5. The molecule has 0 saturated carbocycles. The topological polar surface area (TPSA) is 84.6 Å². The number of aromatic nitrogens is 1. The molecule has 0 bridgehead atoms. The van der Waals surface area contributed by atoms with Gasteiger partial charge < -0.3 is 19.6 Å². The molecule has 1 aromatic carbocycles. The summed E-state index contributed by atoms with van der Waals surface area (Å²) in [4.78, 5) is 16.2. The van der Waals surface area contributed by atoms with Crippen LogP contribution in [0, 0.1) is 13.8 Å². The molecule has 6 nitrogen and oxygen atoms in total. The van der Waals surface area contributed by atoms with Gasteiger partial charge >= 0.3 is 0 Å². The molecule has 0 fully saturated rings. The van der Waals surface area contributed by atoms with Crippen LogP contribution < -0.4 is 10.1 Å². The van der Waals surface area contributed by atoms with Gasteiger partial charge in [-0.2, -0.15) is 0 Å². The summed E-state index contributed by atoms with van der Waals surface area (Å²) in [6, 6.07) is 5.09. The van der Waals surface area contributed by atoms with Crippen LogP contribution in [0.3, 0.4) is 0 Å². The summed E-state index contributed by atoms with van der Waals surface area (Å²) >= 11 is 0. The minimum atomic E-state index is -0.374. The highest BCUT2D eigenvalue weighted by Crippen LogP contribution is 2.23. The van der Waals surface area contributed by atoms with Crippen molar-refractivity contribution in [2.45, 2.75) is 27.4 Å². The van der Waals surface area contributed by atoms with Gasteiger partial charge in [0.1, 0.15) is 5.75 Å². The van der Waals surface area contributed by atoms with Gasteiger partial charge in [0.15, 0.2) is 5.89 Å². The number of hydrogen-bond acceptors (Lipinski definition) is 5. The Kier molecular flexibility index (Phi) is 4.59. The molecule has 1 aromatic heterocycles. The smallest absolute Gasteiger partial charge is 0.293 e. The molecule has 1 amide bonds. The Labute approximate surface area is 122 Å². The number of oxazole rings is 1. The van der Waals surface area contributed by atoms with E-state index >= 15 is 0 Å². The third-order valence-electron chi connectivity index (χ3n) is 2.90. The van der Waals surface area contributed by atoms with Gasteiger partial charge in [-0.05, 0) is 32.0 Å². The van der Waals surface area contributed by atoms with Crippen molar-refractivity contribution >= 4 is 11.6 Å². The Hall–Kier alpha value is -2.34. The summed E-state index contributed by atoms with van der Waals surface area (Å²) < 4.78 is 10.7. The van der Waals surface area contributed by atoms with Gasteiger partial charge in [-0.1, -0.05) is 0 Å². The molecule has 2 rings (SSSR count). The van der Waals surface area contributed by atoms with E-state index in [9.17, 15) is 9.90 Å². The van der Waals surface area contributed by atoms with Gasteiger partial charge in [0.05, 0.1) is 18.9 Å². The lowest BCUT2D eigenvalue weighted by molar-refractivity contribution is 0.0994. The molecular formula is C15H18N2O4. The number of nitrogens with zero attached hydrogens (tertiary/aromatic N) is 1. The Morgan fingerprint density at radius 3 is 2.76 bits per heavy atom. The maximum Gasteiger partial charge on any atom is 0.293 e. The molecule has 0 spiro atoms. The first-order chi connectivity index (χ1) is 10.0. The van der Waals surface area contributed by atoms with Crippen LogP contribution in [0.5, 0.6) is 5.75 Å². The minimum absolute atomic E-state index is 0.167. The second kappa shape index (κ2) is 6.41. The number of ether oxygens (including phenoxy) is 1. The number of hydrogen-bond donors (Lipinski definition) is 2. The van der Waals surface area contributed by atoms with E-state index < -0.39 is 0 Å². The van der Waals surface area contributed by atoms with Crippen molar-refractivity contribution in [1.82, 2.24) is 4.98 Å². The molecule has 0 unspecified atom stereocenters. The molecule has 112 valence electrons. The predicted octanol–water partition coefficient (Wildman–Crippen LogP) is 2.43. The van der Waals surface area contributed by atoms with Crippen molar-refractivity contribution in [1.29, 1.82) is 0 Å². The SMILES string of the molecule is CCOc1ccc(NC(=O)c2oc(C)nc2C)cc1CO. The van der Waals surface area contributed by atoms with Crippen molar-refractivity contribution in [3.05, 3.63) is 41.1 Å². The van der Waals surface area contributed by atoms with E-state index in [4.69, 9.17) is 9.15 Å². The highest BCUT2D eigenvalue weighted by molar-refractivity contribution is 6.03. The summed E-state index contributed by atoms with van der Waals surface area (Å²) in [6.07, 6.45) is 0. The van der Waals surface area contributed by atoms with Crippen LogP contribution in [-0.4, -0.2) is 22.6 Å². The lowest BCUT2D eigenvalue weighted by Crippen LogP contribution is -2.12. The monoisotopic (exact) mass is 290 g/mol. The van der Waals surface area contributed by atoms with Crippen LogP contribution in [0.1, 0.15) is 34.6 Å². The molecule has 0 atom stereocenters. The number of nitrogens with one attached hydrogen (secondary N) is 1. The number of rotatable bonds is 5. The van der Waals surface area contributed by atoms with Gasteiger partial charge in [-0.15, -0.1) is 0 Å². The number of aryl methyl sites for hydroxylation is 2. The number of carbonyl (C=O) groups excluding carboxylic acids is 1. The summed E-state index contributed by atoms with van der Waals surface area (Å²) in [5.74, 6) is 0.859. The molecule has 0 saturated heterocycles. The zero-order chi connectivity index (χ0) is 15.4. The number of amides is 1. The van der Waals surface area contributed by atoms with Gasteiger partial charge in [0.2, 0.25) is 5.76 Å². The van der Waals surface area contributed by atoms with Crippen molar-refractivity contribution in [3.63, 3.8) is 0 Å². The first-order valence-electron chi connectivity index (χ1n) is 6.67. The standard InChI is InChI=1S/C15H18N2O4/c1-4-20-13-6-5-12(7-11(13)8-18)17-15(19)14-9(2)16-10(3)21-14/h5-7,18H,4,8H2,1-3H3,(H,17,19). The summed E-state index contributed by atoms with van der Waals surface area (Å²) in [5, 5.41) is 12.1. The zero-order valence-electron chi connectivity index (χ0n) is 12.3. The molecule has 6 heteroatoms. The van der Waals surface area contributed by atoms with Crippen LogP contribution in [0.25, 0.3) is 0 Å². The summed E-state index contributed by atoms with van der Waals surface area (Å²) in [5.41, 5.74) is 1.71. The molecule has 0 aliphatic heterocycles. The minimum Gasteiger partial charge on any atom is -0.494 e. The van der Waals surface area contributed by atoms with E-state index in [0.717, 1.165) is 0 Å². The van der Waals surface area contributed by atoms with Crippen LogP contribution in [0.2, 0.25) is 0 Å². The predicted molar refractivity (Wildman–Crippen MR) is 77.5 cm³/mol. The maximum atomic E-state index is 12.1. The number of benzene rings is 1. The zero-order valence-corrected chi connectivity index (χ0v) is 12.3. The largest absolute Gasteiger partial charge is 0.494 e. The lowest BCUT2D eigenvalue weighted by atomic mass is 10.2. The molecule has 0 aliphatic carbocycles. The fourth-order valence-electron chi connectivity index (χ4n) is 2.01. The first kappa shape index (κ1) is 15.1. The second-order valence-electron chi connectivity index (χ2n) is 4.52. The van der Waals surface area contributed by atoms with E-state index in [1.165, 1.54) is 0 Å². The number of aliphatic hydroxyl groups excluding tert-OH is 1. The molecule has 2 aromatic rings. The average Bonchev–Trinajstić information content (AvgIpc) is 2.79. The van der Waals surface area contributed by atoms with E-state index in [1.807, 2.05) is 6.92 Å². The van der Waals surface area contributed by atoms with E-state index in [1.54, 1.807) is 32.0 Å². The average molecular weight is 290 g/mol. The molecule has 21 heavy (non-hydrogen) atoms. The Morgan fingerprint density at radius 2 is 2.19 bits per heavy atom. The van der Waals surface area contributed by atoms with Gasteiger partial charge in [-0.3, -0.25) is 4.79 Å². The number of anilines is 1. The van der Waals surface area contributed by atoms with Crippen LogP contribution in [0.15, 0.2) is 22.6 Å². The molecule has 1 heterocycles. The third kappa shape index (κ3) is 3.41. The highest BCUT2D eigenvalue weighted by atomic mass is 16.5. The summed E-state index contributed by atoms with van der Waals surface area (Å²) in [7, 11) is 0. The third-order valence-corrected chi connectivity index (χ3v) is 2.90. The van der Waals surface area contributed by atoms with Gasteiger partial charge in [0, 0.05) is 18.2 Å². The fraction of sp³-hybridized carbons (Fsp3) is 0.333. The number of aliphatic hydroxyl groups is 1. The highest BCUT2D eigenvalue weighted by Gasteiger charge is 2.16. The molecule has 2 N–H and O–H groups in total. The quantitative estimate of drug-likeness (QED) is 0.883. The van der Waals surface area contributed by atoms with E-state index in [-0.39, 0.29) is 18.3 Å². The van der Waals surface area contributed by atoms with Crippen molar-refractivity contribution < 1.29 is 19.1 Å². The van der Waals surface area contributed by atoms with Crippen molar-refractivity contribution in [2.75, 3.05) is 11.9 Å². The Balaban J connectivity index is 2.19. The van der Waals surface area contributed by atoms with E-state index in [2.05, 4.69) is 10.3 Å². The van der Waals surface area contributed by atoms with Gasteiger partial charge in [-0.25, -0.2) is 4.98 Å².